The molecule has 1 saturated heterocycles. The summed E-state index contributed by atoms with van der Waals surface area (Å²) in [5, 5.41) is 5.43. The number of nitrogens with one attached hydrogen (secondary N) is 2. The Labute approximate surface area is 130 Å². The maximum atomic E-state index is 12.1. The number of carbonyl (C=O) groups excluding carboxylic acids is 2. The molecule has 1 heterocycles. The first-order valence-electron chi connectivity index (χ1n) is 7.57. The molecule has 0 saturated carbocycles. The van der Waals surface area contributed by atoms with E-state index in [1.54, 1.807) is 18.9 Å². The summed E-state index contributed by atoms with van der Waals surface area (Å²) in [4.78, 5) is 25.8. The van der Waals surface area contributed by atoms with Crippen molar-refractivity contribution >= 4 is 11.9 Å². The third-order valence-electron chi connectivity index (χ3n) is 3.77. The van der Waals surface area contributed by atoms with Crippen LogP contribution in [0.25, 0.3) is 0 Å². The maximum Gasteiger partial charge on any atom is 0.315 e. The van der Waals surface area contributed by atoms with Crippen LogP contribution in [-0.2, 0) is 11.3 Å². The van der Waals surface area contributed by atoms with Gasteiger partial charge >= 0.3 is 6.03 Å². The summed E-state index contributed by atoms with van der Waals surface area (Å²) in [6, 6.07) is 6.62. The highest BCUT2D eigenvalue weighted by Crippen LogP contribution is 2.16. The number of likely N-dealkylation sites (tertiary alicyclic amines) is 1. The molecule has 1 aromatic rings. The third-order valence-corrected chi connectivity index (χ3v) is 3.77. The van der Waals surface area contributed by atoms with Gasteiger partial charge in [0, 0.05) is 25.2 Å². The highest BCUT2D eigenvalue weighted by atomic mass is 16.5. The highest BCUT2D eigenvalue weighted by molar-refractivity contribution is 5.86. The van der Waals surface area contributed by atoms with E-state index in [4.69, 9.17) is 4.74 Å². The number of benzene rings is 1. The topological polar surface area (TPSA) is 70.7 Å². The molecule has 1 aromatic carbocycles. The predicted molar refractivity (Wildman–Crippen MR) is 83.6 cm³/mol. The van der Waals surface area contributed by atoms with Crippen LogP contribution in [0, 0.1) is 0 Å². The molecule has 6 nitrogen and oxygen atoms in total. The quantitative estimate of drug-likeness (QED) is 0.866. The van der Waals surface area contributed by atoms with Crippen molar-refractivity contribution in [2.45, 2.75) is 32.4 Å². The van der Waals surface area contributed by atoms with E-state index in [1.165, 1.54) is 0 Å². The molecule has 3 amide bonds. The Hall–Kier alpha value is -2.24. The summed E-state index contributed by atoms with van der Waals surface area (Å²) in [7, 11) is 1.59. The molecule has 1 aliphatic rings. The first-order valence-corrected chi connectivity index (χ1v) is 7.57. The van der Waals surface area contributed by atoms with Gasteiger partial charge in [-0.25, -0.2) is 4.79 Å². The third kappa shape index (κ3) is 4.13. The van der Waals surface area contributed by atoms with E-state index < -0.39 is 6.04 Å². The van der Waals surface area contributed by atoms with Gasteiger partial charge in [-0.15, -0.1) is 0 Å². The average molecular weight is 305 g/mol. The molecule has 1 atom stereocenters. The lowest BCUT2D eigenvalue weighted by molar-refractivity contribution is -0.131. The molecule has 120 valence electrons. The second-order valence-corrected chi connectivity index (χ2v) is 5.39. The number of hydrogen-bond donors (Lipinski definition) is 2. The normalized spacial score (nSPS) is 15.3. The van der Waals surface area contributed by atoms with E-state index in [9.17, 15) is 9.59 Å². The highest BCUT2D eigenvalue weighted by Gasteiger charge is 2.24. The van der Waals surface area contributed by atoms with Crippen molar-refractivity contribution < 1.29 is 14.3 Å². The summed E-state index contributed by atoms with van der Waals surface area (Å²) in [5.74, 6) is 0.703. The number of rotatable bonds is 5. The molecule has 0 aromatic heterocycles. The summed E-state index contributed by atoms with van der Waals surface area (Å²) in [5.41, 5.74) is 0.888. The van der Waals surface area contributed by atoms with Crippen molar-refractivity contribution in [1.82, 2.24) is 15.5 Å². The van der Waals surface area contributed by atoms with Crippen LogP contribution in [0.2, 0.25) is 0 Å². The maximum absolute atomic E-state index is 12.1. The average Bonchev–Trinajstić information content (AvgIpc) is 3.06. The van der Waals surface area contributed by atoms with Gasteiger partial charge in [-0.1, -0.05) is 18.2 Å². The van der Waals surface area contributed by atoms with Gasteiger partial charge in [0.2, 0.25) is 5.91 Å². The van der Waals surface area contributed by atoms with Gasteiger partial charge in [-0.2, -0.15) is 0 Å². The fourth-order valence-electron chi connectivity index (χ4n) is 2.55. The molecule has 0 radical (unpaired) electrons. The minimum absolute atomic E-state index is 0.0232. The Bertz CT molecular complexity index is 527. The van der Waals surface area contributed by atoms with Crippen molar-refractivity contribution in [2.24, 2.45) is 0 Å². The number of amides is 3. The van der Waals surface area contributed by atoms with Crippen LogP contribution in [0.4, 0.5) is 4.79 Å². The molecular weight excluding hydrogens is 282 g/mol. The molecule has 2 N–H and O–H groups in total. The fraction of sp³-hybridized carbons (Fsp3) is 0.500. The van der Waals surface area contributed by atoms with Crippen molar-refractivity contribution in [1.29, 1.82) is 0 Å². The lowest BCUT2D eigenvalue weighted by Gasteiger charge is -2.21. The zero-order valence-corrected chi connectivity index (χ0v) is 13.1. The second kappa shape index (κ2) is 7.68. The SMILES string of the molecule is COc1ccccc1CNC(=O)N[C@@H](C)C(=O)N1CCCC1. The van der Waals surface area contributed by atoms with Crippen molar-refractivity contribution in [3.63, 3.8) is 0 Å². The first kappa shape index (κ1) is 16.1. The van der Waals surface area contributed by atoms with Crippen LogP contribution in [0.5, 0.6) is 5.75 Å². The Morgan fingerprint density at radius 2 is 1.95 bits per heavy atom. The molecule has 1 aliphatic heterocycles. The number of ether oxygens (including phenoxy) is 1. The number of carbonyl (C=O) groups is 2. The Balaban J connectivity index is 1.81. The molecule has 0 spiro atoms. The zero-order valence-electron chi connectivity index (χ0n) is 13.1. The lowest BCUT2D eigenvalue weighted by Crippen LogP contribution is -2.49. The van der Waals surface area contributed by atoms with Crippen LogP contribution >= 0.6 is 0 Å². The largest absolute Gasteiger partial charge is 0.496 e. The van der Waals surface area contributed by atoms with Gasteiger partial charge in [-0.3, -0.25) is 4.79 Å². The zero-order chi connectivity index (χ0) is 15.9. The van der Waals surface area contributed by atoms with Gasteiger partial charge in [0.05, 0.1) is 7.11 Å². The lowest BCUT2D eigenvalue weighted by atomic mass is 10.2. The Morgan fingerprint density at radius 3 is 2.64 bits per heavy atom. The van der Waals surface area contributed by atoms with E-state index >= 15 is 0 Å². The Morgan fingerprint density at radius 1 is 1.27 bits per heavy atom. The number of methoxy groups -OCH3 is 1. The molecule has 1 fully saturated rings. The first-order chi connectivity index (χ1) is 10.6. The van der Waals surface area contributed by atoms with E-state index in [1.807, 2.05) is 24.3 Å². The monoisotopic (exact) mass is 305 g/mol. The van der Waals surface area contributed by atoms with Crippen molar-refractivity contribution in [3.8, 4) is 5.75 Å². The van der Waals surface area contributed by atoms with E-state index in [-0.39, 0.29) is 11.9 Å². The summed E-state index contributed by atoms with van der Waals surface area (Å²) >= 11 is 0. The molecule has 0 unspecified atom stereocenters. The second-order valence-electron chi connectivity index (χ2n) is 5.39. The summed E-state index contributed by atoms with van der Waals surface area (Å²) in [6.45, 7) is 3.63. The minimum atomic E-state index is -0.518. The molecule has 0 aliphatic carbocycles. The molecule has 2 rings (SSSR count). The van der Waals surface area contributed by atoms with Crippen molar-refractivity contribution in [3.05, 3.63) is 29.8 Å². The summed E-state index contributed by atoms with van der Waals surface area (Å²) in [6.07, 6.45) is 2.08. The number of hydrogen-bond acceptors (Lipinski definition) is 3. The fourth-order valence-corrected chi connectivity index (χ4v) is 2.55. The minimum Gasteiger partial charge on any atom is -0.496 e. The van der Waals surface area contributed by atoms with Crippen LogP contribution in [0.15, 0.2) is 24.3 Å². The van der Waals surface area contributed by atoms with Gasteiger partial charge < -0.3 is 20.3 Å². The van der Waals surface area contributed by atoms with Gasteiger partial charge in [0.1, 0.15) is 11.8 Å². The van der Waals surface area contributed by atoms with Gasteiger partial charge in [-0.05, 0) is 25.8 Å². The van der Waals surface area contributed by atoms with E-state index in [2.05, 4.69) is 10.6 Å². The Kier molecular flexibility index (Phi) is 5.63. The van der Waals surface area contributed by atoms with E-state index in [0.29, 0.717) is 6.54 Å². The van der Waals surface area contributed by atoms with Crippen LogP contribution < -0.4 is 15.4 Å². The van der Waals surface area contributed by atoms with Crippen molar-refractivity contribution in [2.75, 3.05) is 20.2 Å². The number of nitrogens with zero attached hydrogens (tertiary/aromatic N) is 1. The van der Waals surface area contributed by atoms with Crippen LogP contribution in [0.1, 0.15) is 25.3 Å². The van der Waals surface area contributed by atoms with Crippen LogP contribution in [0.3, 0.4) is 0 Å². The van der Waals surface area contributed by atoms with Gasteiger partial charge in [0.15, 0.2) is 0 Å². The van der Waals surface area contributed by atoms with Gasteiger partial charge in [0.25, 0.3) is 0 Å². The number of para-hydroxylation sites is 1. The number of urea groups is 1. The molecule has 6 heteroatoms. The molecule has 22 heavy (non-hydrogen) atoms. The van der Waals surface area contributed by atoms with Crippen LogP contribution in [-0.4, -0.2) is 43.1 Å². The predicted octanol–water partition coefficient (Wildman–Crippen LogP) is 1.51. The summed E-state index contributed by atoms with van der Waals surface area (Å²) < 4.78 is 5.23. The molecule has 0 bridgehead atoms. The smallest absolute Gasteiger partial charge is 0.315 e. The molecular formula is C16H23N3O3. The van der Waals surface area contributed by atoms with E-state index in [0.717, 1.165) is 37.2 Å². The standard InChI is InChI=1S/C16H23N3O3/c1-12(15(20)19-9-5-6-10-19)18-16(21)17-11-13-7-3-4-8-14(13)22-2/h3-4,7-8,12H,5-6,9-11H2,1-2H3,(H2,17,18,21)/t12-/m0/s1.